The van der Waals surface area contributed by atoms with Gasteiger partial charge in [0.25, 0.3) is 0 Å². The molecule has 1 heterocycles. The van der Waals surface area contributed by atoms with Crippen LogP contribution in [0, 0.1) is 6.92 Å². The van der Waals surface area contributed by atoms with Gasteiger partial charge in [0.2, 0.25) is 5.91 Å². The highest BCUT2D eigenvalue weighted by molar-refractivity contribution is 6.33. The standard InChI is InChI=1S/C20H19Cl2NO2/c1-11-8-13(12-4-6-14(21)7-5-12)9-15(22)17(11)18-16(24)10-20(2,3)23-19(18)25/h4-9,18H,10H2,1-3H3,(H,23,25). The van der Waals surface area contributed by atoms with Crippen LogP contribution in [-0.2, 0) is 9.59 Å². The summed E-state index contributed by atoms with van der Waals surface area (Å²) in [6.45, 7) is 5.56. The van der Waals surface area contributed by atoms with Gasteiger partial charge in [0, 0.05) is 22.0 Å². The number of rotatable bonds is 2. The summed E-state index contributed by atoms with van der Waals surface area (Å²) < 4.78 is 0. The van der Waals surface area contributed by atoms with E-state index >= 15 is 0 Å². The van der Waals surface area contributed by atoms with E-state index in [1.807, 2.05) is 51.1 Å². The van der Waals surface area contributed by atoms with Gasteiger partial charge < -0.3 is 5.32 Å². The fourth-order valence-corrected chi connectivity index (χ4v) is 3.86. The van der Waals surface area contributed by atoms with Crippen molar-refractivity contribution in [1.29, 1.82) is 0 Å². The molecule has 0 spiro atoms. The molecule has 0 radical (unpaired) electrons. The Balaban J connectivity index is 2.02. The first-order chi connectivity index (χ1) is 11.7. The predicted octanol–water partition coefficient (Wildman–Crippen LogP) is 4.92. The van der Waals surface area contributed by atoms with Gasteiger partial charge in [0.05, 0.1) is 0 Å². The summed E-state index contributed by atoms with van der Waals surface area (Å²) in [7, 11) is 0. The van der Waals surface area contributed by atoms with E-state index < -0.39 is 11.5 Å². The Hall–Kier alpha value is -1.84. The van der Waals surface area contributed by atoms with Crippen LogP contribution in [0.1, 0.15) is 37.3 Å². The molecule has 1 saturated heterocycles. The summed E-state index contributed by atoms with van der Waals surface area (Å²) in [4.78, 5) is 25.1. The van der Waals surface area contributed by atoms with E-state index in [4.69, 9.17) is 23.2 Å². The third kappa shape index (κ3) is 3.58. The number of carbonyl (C=O) groups is 2. The number of amides is 1. The van der Waals surface area contributed by atoms with Crippen LogP contribution in [0.15, 0.2) is 36.4 Å². The lowest BCUT2D eigenvalue weighted by atomic mass is 9.80. The molecule has 1 amide bonds. The number of hydrogen-bond donors (Lipinski definition) is 1. The minimum Gasteiger partial charge on any atom is -0.350 e. The molecule has 0 bridgehead atoms. The molecule has 3 nitrogen and oxygen atoms in total. The SMILES string of the molecule is Cc1cc(-c2ccc(Cl)cc2)cc(Cl)c1C1C(=O)CC(C)(C)NC1=O. The van der Waals surface area contributed by atoms with Gasteiger partial charge in [-0.1, -0.05) is 41.4 Å². The Labute approximate surface area is 157 Å². The van der Waals surface area contributed by atoms with E-state index in [0.717, 1.165) is 16.7 Å². The molecule has 1 aliphatic rings. The van der Waals surface area contributed by atoms with Crippen LogP contribution >= 0.6 is 23.2 Å². The first-order valence-electron chi connectivity index (χ1n) is 8.09. The lowest BCUT2D eigenvalue weighted by Crippen LogP contribution is -2.54. The lowest BCUT2D eigenvalue weighted by molar-refractivity contribution is -0.136. The minimum atomic E-state index is -0.847. The Morgan fingerprint density at radius 3 is 2.24 bits per heavy atom. The van der Waals surface area contributed by atoms with Crippen LogP contribution in [-0.4, -0.2) is 17.2 Å². The molecular weight excluding hydrogens is 357 g/mol. The maximum Gasteiger partial charge on any atom is 0.235 e. The van der Waals surface area contributed by atoms with Gasteiger partial charge in [0.1, 0.15) is 5.92 Å². The van der Waals surface area contributed by atoms with E-state index in [1.165, 1.54) is 0 Å². The highest BCUT2D eigenvalue weighted by Gasteiger charge is 2.41. The van der Waals surface area contributed by atoms with Crippen LogP contribution in [0.25, 0.3) is 11.1 Å². The Kier molecular flexibility index (Phi) is 4.65. The normalized spacial score (nSPS) is 19.6. The summed E-state index contributed by atoms with van der Waals surface area (Å²) in [5.41, 5.74) is 2.80. The predicted molar refractivity (Wildman–Crippen MR) is 101 cm³/mol. The molecule has 1 N–H and O–H groups in total. The zero-order chi connectivity index (χ0) is 18.4. The molecule has 1 unspecified atom stereocenters. The van der Waals surface area contributed by atoms with Crippen molar-refractivity contribution in [3.05, 3.63) is 57.6 Å². The molecule has 1 fully saturated rings. The number of halogens is 2. The van der Waals surface area contributed by atoms with E-state index in [1.54, 1.807) is 6.07 Å². The van der Waals surface area contributed by atoms with Crippen LogP contribution in [0.3, 0.4) is 0 Å². The lowest BCUT2D eigenvalue weighted by Gasteiger charge is -2.35. The van der Waals surface area contributed by atoms with Crippen molar-refractivity contribution in [3.63, 3.8) is 0 Å². The fourth-order valence-electron chi connectivity index (χ4n) is 3.36. The average molecular weight is 376 g/mol. The van der Waals surface area contributed by atoms with Crippen molar-refractivity contribution in [2.24, 2.45) is 0 Å². The van der Waals surface area contributed by atoms with Gasteiger partial charge in [-0.05, 0) is 61.2 Å². The maximum absolute atomic E-state index is 12.6. The third-order valence-electron chi connectivity index (χ3n) is 4.46. The van der Waals surface area contributed by atoms with Crippen molar-refractivity contribution in [2.45, 2.75) is 38.6 Å². The van der Waals surface area contributed by atoms with E-state index in [0.29, 0.717) is 15.6 Å². The van der Waals surface area contributed by atoms with Gasteiger partial charge in [-0.3, -0.25) is 9.59 Å². The number of Topliss-reactive ketones (excluding diaryl/α,β-unsaturated/α-hetero) is 1. The zero-order valence-corrected chi connectivity index (χ0v) is 15.8. The van der Waals surface area contributed by atoms with E-state index in [9.17, 15) is 9.59 Å². The molecule has 1 atom stereocenters. The fraction of sp³-hybridized carbons (Fsp3) is 0.300. The largest absolute Gasteiger partial charge is 0.350 e. The maximum atomic E-state index is 12.6. The Morgan fingerprint density at radius 2 is 1.68 bits per heavy atom. The molecule has 5 heteroatoms. The number of aryl methyl sites for hydroxylation is 1. The zero-order valence-electron chi connectivity index (χ0n) is 14.3. The van der Waals surface area contributed by atoms with Crippen LogP contribution in [0.4, 0.5) is 0 Å². The summed E-state index contributed by atoms with van der Waals surface area (Å²) in [5.74, 6) is -1.23. The van der Waals surface area contributed by atoms with Gasteiger partial charge in [-0.2, -0.15) is 0 Å². The van der Waals surface area contributed by atoms with E-state index in [-0.39, 0.29) is 18.1 Å². The molecule has 3 rings (SSSR count). The van der Waals surface area contributed by atoms with Crippen LogP contribution in [0.5, 0.6) is 0 Å². The average Bonchev–Trinajstić information content (AvgIpc) is 2.48. The van der Waals surface area contributed by atoms with Crippen molar-refractivity contribution in [3.8, 4) is 11.1 Å². The van der Waals surface area contributed by atoms with Gasteiger partial charge in [0.15, 0.2) is 5.78 Å². The van der Waals surface area contributed by atoms with Crippen LogP contribution < -0.4 is 5.32 Å². The smallest absolute Gasteiger partial charge is 0.235 e. The quantitative estimate of drug-likeness (QED) is 0.757. The molecule has 25 heavy (non-hydrogen) atoms. The number of carbonyl (C=O) groups excluding carboxylic acids is 2. The molecule has 0 aromatic heterocycles. The summed E-state index contributed by atoms with van der Waals surface area (Å²) in [6.07, 6.45) is 0.290. The second-order valence-corrected chi connectivity index (χ2v) is 7.99. The van der Waals surface area contributed by atoms with Gasteiger partial charge in [-0.25, -0.2) is 0 Å². The van der Waals surface area contributed by atoms with Crippen molar-refractivity contribution in [1.82, 2.24) is 5.32 Å². The first kappa shape index (κ1) is 18.0. The highest BCUT2D eigenvalue weighted by Crippen LogP contribution is 2.37. The third-order valence-corrected chi connectivity index (χ3v) is 5.03. The first-order valence-corrected chi connectivity index (χ1v) is 8.84. The topological polar surface area (TPSA) is 46.2 Å². The monoisotopic (exact) mass is 375 g/mol. The molecule has 1 aliphatic heterocycles. The molecule has 130 valence electrons. The van der Waals surface area contributed by atoms with Crippen molar-refractivity contribution in [2.75, 3.05) is 0 Å². The van der Waals surface area contributed by atoms with E-state index in [2.05, 4.69) is 5.32 Å². The summed E-state index contributed by atoms with van der Waals surface area (Å²) in [5, 5.41) is 4.00. The van der Waals surface area contributed by atoms with Crippen molar-refractivity contribution < 1.29 is 9.59 Å². The molecular formula is C20H19Cl2NO2. The number of ketones is 1. The number of nitrogens with one attached hydrogen (secondary N) is 1. The van der Waals surface area contributed by atoms with Gasteiger partial charge >= 0.3 is 0 Å². The summed E-state index contributed by atoms with van der Waals surface area (Å²) >= 11 is 12.4. The minimum absolute atomic E-state index is 0.0991. The number of benzene rings is 2. The number of hydrogen-bond acceptors (Lipinski definition) is 2. The second kappa shape index (κ2) is 6.47. The Morgan fingerprint density at radius 1 is 1.04 bits per heavy atom. The number of piperidine rings is 1. The molecule has 2 aromatic carbocycles. The molecule has 2 aromatic rings. The second-order valence-electron chi connectivity index (χ2n) is 7.14. The molecule has 0 saturated carbocycles. The van der Waals surface area contributed by atoms with Crippen molar-refractivity contribution >= 4 is 34.9 Å². The molecule has 0 aliphatic carbocycles. The van der Waals surface area contributed by atoms with Gasteiger partial charge in [-0.15, -0.1) is 0 Å². The van der Waals surface area contributed by atoms with Crippen LogP contribution in [0.2, 0.25) is 10.0 Å². The highest BCUT2D eigenvalue weighted by atomic mass is 35.5. The summed E-state index contributed by atoms with van der Waals surface area (Å²) in [6, 6.07) is 11.2. The Bertz CT molecular complexity index is 813.